The van der Waals surface area contributed by atoms with Gasteiger partial charge in [-0.05, 0) is 17.7 Å². The third-order valence-electron chi connectivity index (χ3n) is 2.54. The van der Waals surface area contributed by atoms with E-state index in [0.717, 1.165) is 25.2 Å². The molecule has 0 aliphatic heterocycles. The number of rotatable bonds is 7. The van der Waals surface area contributed by atoms with E-state index >= 15 is 0 Å². The molecule has 0 bridgehead atoms. The number of nitrogen functional groups attached to an aromatic ring is 1. The van der Waals surface area contributed by atoms with E-state index in [9.17, 15) is 0 Å². The Morgan fingerprint density at radius 3 is 2.50 bits per heavy atom. The van der Waals surface area contributed by atoms with Gasteiger partial charge in [-0.25, -0.2) is 0 Å². The van der Waals surface area contributed by atoms with Gasteiger partial charge in [-0.15, -0.1) is 6.58 Å². The molecule has 100 valence electrons. The molecule has 0 aliphatic carbocycles. The Morgan fingerprint density at radius 1 is 1.39 bits per heavy atom. The standard InChI is InChI=1S/C13H18Cl2N2O/c1-3-4-17(5-6-18-2)9-10-7-11(14)13(16)12(15)8-10/h3,7-8H,1,4-6,9,16H2,2H3. The summed E-state index contributed by atoms with van der Waals surface area (Å²) in [4.78, 5) is 2.19. The fraction of sp³-hybridized carbons (Fsp3) is 0.385. The molecule has 1 aromatic rings. The number of nitrogens with zero attached hydrogens (tertiary/aromatic N) is 1. The predicted octanol–water partition coefficient (Wildman–Crippen LogP) is 3.21. The van der Waals surface area contributed by atoms with Crippen LogP contribution in [0.15, 0.2) is 24.8 Å². The normalized spacial score (nSPS) is 10.9. The molecule has 1 rings (SSSR count). The quantitative estimate of drug-likeness (QED) is 0.619. The van der Waals surface area contributed by atoms with Crippen molar-refractivity contribution >= 4 is 28.9 Å². The lowest BCUT2D eigenvalue weighted by molar-refractivity contribution is 0.151. The zero-order chi connectivity index (χ0) is 13.5. The van der Waals surface area contributed by atoms with E-state index < -0.39 is 0 Å². The van der Waals surface area contributed by atoms with E-state index in [1.807, 2.05) is 18.2 Å². The van der Waals surface area contributed by atoms with Gasteiger partial charge in [0.2, 0.25) is 0 Å². The van der Waals surface area contributed by atoms with Crippen LogP contribution in [-0.4, -0.2) is 31.7 Å². The highest BCUT2D eigenvalue weighted by atomic mass is 35.5. The van der Waals surface area contributed by atoms with Gasteiger partial charge in [0.15, 0.2) is 0 Å². The van der Waals surface area contributed by atoms with E-state index in [2.05, 4.69) is 11.5 Å². The highest BCUT2D eigenvalue weighted by molar-refractivity contribution is 6.38. The third kappa shape index (κ3) is 4.50. The number of anilines is 1. The van der Waals surface area contributed by atoms with Crippen LogP contribution in [0.2, 0.25) is 10.0 Å². The van der Waals surface area contributed by atoms with Crippen LogP contribution in [0, 0.1) is 0 Å². The van der Waals surface area contributed by atoms with E-state index in [-0.39, 0.29) is 0 Å². The molecule has 0 saturated heterocycles. The average Bonchev–Trinajstić information content (AvgIpc) is 2.33. The van der Waals surface area contributed by atoms with Gasteiger partial charge in [-0.3, -0.25) is 4.90 Å². The van der Waals surface area contributed by atoms with Crippen LogP contribution in [-0.2, 0) is 11.3 Å². The summed E-state index contributed by atoms with van der Waals surface area (Å²) in [5.41, 5.74) is 7.16. The van der Waals surface area contributed by atoms with Gasteiger partial charge in [0.25, 0.3) is 0 Å². The maximum Gasteiger partial charge on any atom is 0.0693 e. The smallest absolute Gasteiger partial charge is 0.0693 e. The molecule has 0 unspecified atom stereocenters. The minimum Gasteiger partial charge on any atom is -0.396 e. The fourth-order valence-corrected chi connectivity index (χ4v) is 2.16. The molecular weight excluding hydrogens is 271 g/mol. The molecule has 3 nitrogen and oxygen atoms in total. The molecule has 0 fully saturated rings. The monoisotopic (exact) mass is 288 g/mol. The summed E-state index contributed by atoms with van der Waals surface area (Å²) in [6.45, 7) is 6.75. The first-order chi connectivity index (χ1) is 8.58. The molecule has 0 amide bonds. The Hall–Kier alpha value is -0.740. The van der Waals surface area contributed by atoms with Crippen LogP contribution in [0.25, 0.3) is 0 Å². The van der Waals surface area contributed by atoms with Crippen LogP contribution in [0.1, 0.15) is 5.56 Å². The van der Waals surface area contributed by atoms with Crippen molar-refractivity contribution in [3.05, 3.63) is 40.4 Å². The van der Waals surface area contributed by atoms with Gasteiger partial charge in [0.1, 0.15) is 0 Å². The van der Waals surface area contributed by atoms with E-state index in [0.29, 0.717) is 22.3 Å². The second-order valence-corrected chi connectivity index (χ2v) is 4.80. The number of hydrogen-bond acceptors (Lipinski definition) is 3. The number of nitrogens with two attached hydrogens (primary N) is 1. The van der Waals surface area contributed by atoms with Gasteiger partial charge in [-0.1, -0.05) is 29.3 Å². The van der Waals surface area contributed by atoms with Gasteiger partial charge in [0, 0.05) is 26.7 Å². The Bertz CT molecular complexity index is 387. The molecule has 0 spiro atoms. The zero-order valence-electron chi connectivity index (χ0n) is 10.5. The summed E-state index contributed by atoms with van der Waals surface area (Å²) >= 11 is 12.0. The molecule has 5 heteroatoms. The second-order valence-electron chi connectivity index (χ2n) is 3.99. The molecule has 0 radical (unpaired) electrons. The van der Waals surface area contributed by atoms with Gasteiger partial charge >= 0.3 is 0 Å². The fourth-order valence-electron chi connectivity index (χ4n) is 1.62. The summed E-state index contributed by atoms with van der Waals surface area (Å²) in [7, 11) is 1.68. The minimum absolute atomic E-state index is 0.425. The Kier molecular flexibility index (Phi) is 6.50. The second kappa shape index (κ2) is 7.64. The third-order valence-corrected chi connectivity index (χ3v) is 3.17. The number of hydrogen-bond donors (Lipinski definition) is 1. The molecule has 0 heterocycles. The largest absolute Gasteiger partial charge is 0.396 e. The van der Waals surface area contributed by atoms with Crippen LogP contribution in [0.5, 0.6) is 0 Å². The highest BCUT2D eigenvalue weighted by Crippen LogP contribution is 2.29. The molecule has 2 N–H and O–H groups in total. The van der Waals surface area contributed by atoms with Crippen molar-refractivity contribution in [2.45, 2.75) is 6.54 Å². The number of methoxy groups -OCH3 is 1. The maximum absolute atomic E-state index is 6.01. The van der Waals surface area contributed by atoms with Crippen LogP contribution >= 0.6 is 23.2 Å². The van der Waals surface area contributed by atoms with E-state index in [1.165, 1.54) is 0 Å². The van der Waals surface area contributed by atoms with Crippen molar-refractivity contribution in [3.63, 3.8) is 0 Å². The first kappa shape index (κ1) is 15.3. The Morgan fingerprint density at radius 2 is 2.00 bits per heavy atom. The lowest BCUT2D eigenvalue weighted by Gasteiger charge is -2.20. The molecule has 1 aromatic carbocycles. The van der Waals surface area contributed by atoms with Crippen molar-refractivity contribution in [1.82, 2.24) is 4.90 Å². The van der Waals surface area contributed by atoms with Crippen molar-refractivity contribution in [2.75, 3.05) is 32.5 Å². The summed E-state index contributed by atoms with van der Waals surface area (Å²) in [6, 6.07) is 3.68. The van der Waals surface area contributed by atoms with Crippen LogP contribution in [0.4, 0.5) is 5.69 Å². The molecular formula is C13H18Cl2N2O. The SMILES string of the molecule is C=CCN(CCOC)Cc1cc(Cl)c(N)c(Cl)c1. The summed E-state index contributed by atoms with van der Waals surface area (Å²) in [6.07, 6.45) is 1.86. The van der Waals surface area contributed by atoms with E-state index in [4.69, 9.17) is 33.7 Å². The summed E-state index contributed by atoms with van der Waals surface area (Å²) in [5, 5.41) is 0.977. The molecule has 0 aliphatic rings. The van der Waals surface area contributed by atoms with Crippen LogP contribution < -0.4 is 5.73 Å². The van der Waals surface area contributed by atoms with Crippen molar-refractivity contribution in [3.8, 4) is 0 Å². The highest BCUT2D eigenvalue weighted by Gasteiger charge is 2.08. The van der Waals surface area contributed by atoms with Crippen molar-refractivity contribution in [2.24, 2.45) is 0 Å². The van der Waals surface area contributed by atoms with Crippen molar-refractivity contribution < 1.29 is 4.74 Å². The maximum atomic E-state index is 6.01. The molecule has 18 heavy (non-hydrogen) atoms. The lowest BCUT2D eigenvalue weighted by atomic mass is 10.2. The van der Waals surface area contributed by atoms with Gasteiger partial charge < -0.3 is 10.5 Å². The first-order valence-electron chi connectivity index (χ1n) is 5.64. The number of ether oxygens (including phenoxy) is 1. The molecule has 0 saturated carbocycles. The van der Waals surface area contributed by atoms with E-state index in [1.54, 1.807) is 7.11 Å². The van der Waals surface area contributed by atoms with Gasteiger partial charge in [0.05, 0.1) is 22.3 Å². The lowest BCUT2D eigenvalue weighted by Crippen LogP contribution is -2.27. The molecule has 0 atom stereocenters. The van der Waals surface area contributed by atoms with Gasteiger partial charge in [-0.2, -0.15) is 0 Å². The Labute approximate surface area is 118 Å². The van der Waals surface area contributed by atoms with Crippen LogP contribution in [0.3, 0.4) is 0 Å². The molecule has 0 aromatic heterocycles. The zero-order valence-corrected chi connectivity index (χ0v) is 12.0. The summed E-state index contributed by atoms with van der Waals surface area (Å²) < 4.78 is 5.07. The first-order valence-corrected chi connectivity index (χ1v) is 6.39. The number of halogens is 2. The topological polar surface area (TPSA) is 38.5 Å². The average molecular weight is 289 g/mol. The van der Waals surface area contributed by atoms with Crippen molar-refractivity contribution in [1.29, 1.82) is 0 Å². The minimum atomic E-state index is 0.425. The summed E-state index contributed by atoms with van der Waals surface area (Å²) in [5.74, 6) is 0. The number of benzene rings is 1. The Balaban J connectivity index is 2.76. The predicted molar refractivity (Wildman–Crippen MR) is 78.2 cm³/mol.